The van der Waals surface area contributed by atoms with Crippen molar-refractivity contribution < 1.29 is 14.3 Å². The van der Waals surface area contributed by atoms with Gasteiger partial charge in [-0.1, -0.05) is 29.3 Å². The highest BCUT2D eigenvalue weighted by Crippen LogP contribution is 2.31. The molecule has 0 aliphatic carbocycles. The Kier molecular flexibility index (Phi) is 5.59. The number of nitrogen functional groups attached to an aromatic ring is 1. The van der Waals surface area contributed by atoms with E-state index in [4.69, 9.17) is 33.7 Å². The van der Waals surface area contributed by atoms with E-state index in [9.17, 15) is 9.59 Å². The Morgan fingerprint density at radius 3 is 2.45 bits per heavy atom. The van der Waals surface area contributed by atoms with Crippen molar-refractivity contribution in [3.63, 3.8) is 0 Å². The lowest BCUT2D eigenvalue weighted by atomic mass is 10.1. The number of methoxy groups -OCH3 is 1. The quantitative estimate of drug-likeness (QED) is 0.400. The molecule has 0 radical (unpaired) electrons. The average molecular weight is 454 g/mol. The molecule has 2 aromatic carbocycles. The Morgan fingerprint density at radius 1 is 1.03 bits per heavy atom. The number of nitrogens with zero attached hydrogens (tertiary/aromatic N) is 1. The van der Waals surface area contributed by atoms with Crippen molar-refractivity contribution in [2.75, 3.05) is 18.2 Å². The smallest absolute Gasteiger partial charge is 0.260 e. The maximum Gasteiger partial charge on any atom is 0.260 e. The van der Waals surface area contributed by atoms with Gasteiger partial charge in [0.15, 0.2) is 0 Å². The van der Waals surface area contributed by atoms with Gasteiger partial charge in [-0.3, -0.25) is 9.59 Å². The number of hydrogen-bond acceptors (Lipinski definition) is 4. The normalized spacial score (nSPS) is 10.8. The van der Waals surface area contributed by atoms with Gasteiger partial charge in [-0.25, -0.2) is 0 Å². The molecule has 4 rings (SSSR count). The highest BCUT2D eigenvalue weighted by Gasteiger charge is 2.26. The zero-order valence-corrected chi connectivity index (χ0v) is 17.9. The van der Waals surface area contributed by atoms with Crippen molar-refractivity contribution in [2.24, 2.45) is 0 Å². The van der Waals surface area contributed by atoms with Crippen LogP contribution in [-0.2, 0) is 0 Å². The van der Waals surface area contributed by atoms with E-state index in [1.165, 1.54) is 6.07 Å². The molecule has 156 valence electrons. The fourth-order valence-electron chi connectivity index (χ4n) is 3.35. The number of hydrogen-bond donors (Lipinski definition) is 2. The number of carbonyl (C=O) groups excluding carboxylic acids is 2. The van der Waals surface area contributed by atoms with Crippen LogP contribution in [0.5, 0.6) is 5.75 Å². The van der Waals surface area contributed by atoms with Crippen LogP contribution in [0.2, 0.25) is 10.0 Å². The van der Waals surface area contributed by atoms with E-state index in [2.05, 4.69) is 5.32 Å². The van der Waals surface area contributed by atoms with Gasteiger partial charge >= 0.3 is 0 Å². The summed E-state index contributed by atoms with van der Waals surface area (Å²) in [6, 6.07) is 16.7. The molecule has 0 saturated carbocycles. The first kappa shape index (κ1) is 20.8. The summed E-state index contributed by atoms with van der Waals surface area (Å²) in [5.74, 6) is -0.173. The minimum absolute atomic E-state index is 0.0783. The van der Waals surface area contributed by atoms with Gasteiger partial charge in [0.25, 0.3) is 5.91 Å². The number of nitrogens with one attached hydrogen (secondary N) is 1. The van der Waals surface area contributed by atoms with Crippen molar-refractivity contribution in [1.29, 1.82) is 0 Å². The van der Waals surface area contributed by atoms with E-state index in [1.807, 2.05) is 0 Å². The summed E-state index contributed by atoms with van der Waals surface area (Å²) in [5, 5.41) is 3.48. The molecule has 6 nitrogen and oxygen atoms in total. The van der Waals surface area contributed by atoms with Crippen LogP contribution < -0.4 is 15.8 Å². The molecule has 0 spiro atoms. The summed E-state index contributed by atoms with van der Waals surface area (Å²) in [7, 11) is 1.55. The van der Waals surface area contributed by atoms with Crippen LogP contribution >= 0.6 is 23.2 Å². The van der Waals surface area contributed by atoms with E-state index in [0.29, 0.717) is 27.5 Å². The van der Waals surface area contributed by atoms with E-state index < -0.39 is 5.91 Å². The maximum atomic E-state index is 13.3. The van der Waals surface area contributed by atoms with Crippen molar-refractivity contribution in [3.05, 3.63) is 93.7 Å². The van der Waals surface area contributed by atoms with Crippen LogP contribution in [0.4, 0.5) is 11.4 Å². The van der Waals surface area contributed by atoms with Gasteiger partial charge in [-0.2, -0.15) is 0 Å². The summed E-state index contributed by atoms with van der Waals surface area (Å²) in [4.78, 5) is 26.4. The summed E-state index contributed by atoms with van der Waals surface area (Å²) in [6.45, 7) is 0. The molecule has 0 unspecified atom stereocenters. The van der Waals surface area contributed by atoms with E-state index in [1.54, 1.807) is 72.3 Å². The molecule has 8 heteroatoms. The topological polar surface area (TPSA) is 85.8 Å². The van der Waals surface area contributed by atoms with Gasteiger partial charge in [0.2, 0.25) is 5.78 Å². The van der Waals surface area contributed by atoms with Gasteiger partial charge in [-0.15, -0.1) is 0 Å². The van der Waals surface area contributed by atoms with Crippen LogP contribution in [0.25, 0.3) is 5.52 Å². The number of anilines is 2. The van der Waals surface area contributed by atoms with Gasteiger partial charge in [-0.05, 0) is 54.6 Å². The Morgan fingerprint density at radius 2 is 1.77 bits per heavy atom. The van der Waals surface area contributed by atoms with Crippen molar-refractivity contribution in [3.8, 4) is 5.75 Å². The molecule has 3 N–H and O–H groups in total. The highest BCUT2D eigenvalue weighted by molar-refractivity contribution is 6.37. The standard InChI is InChI=1S/C23H17Cl2N3O3/c1-31-15-8-5-13(6-9-15)22(29)21-20(26)19(18-4-2-3-11-28(18)21)23(30)27-17-10-7-14(24)12-16(17)25/h2-12H,26H2,1H3,(H,27,30). The third kappa shape index (κ3) is 3.83. The van der Waals surface area contributed by atoms with Crippen molar-refractivity contribution in [1.82, 2.24) is 4.40 Å². The highest BCUT2D eigenvalue weighted by atomic mass is 35.5. The number of rotatable bonds is 5. The molecule has 4 aromatic rings. The molecule has 0 saturated heterocycles. The van der Waals surface area contributed by atoms with Crippen LogP contribution in [-0.4, -0.2) is 23.2 Å². The van der Waals surface area contributed by atoms with Crippen LogP contribution in [0.15, 0.2) is 66.9 Å². The largest absolute Gasteiger partial charge is 0.497 e. The maximum absolute atomic E-state index is 13.3. The Balaban J connectivity index is 1.79. The first-order valence-electron chi connectivity index (χ1n) is 9.24. The van der Waals surface area contributed by atoms with Crippen LogP contribution in [0, 0.1) is 0 Å². The average Bonchev–Trinajstić information content (AvgIpc) is 3.07. The summed E-state index contributed by atoms with van der Waals surface area (Å²) < 4.78 is 6.76. The molecule has 1 amide bonds. The number of fused-ring (bicyclic) bond motifs is 1. The first-order valence-corrected chi connectivity index (χ1v) is 10.00. The number of carbonyl (C=O) groups is 2. The molecule has 2 heterocycles. The SMILES string of the molecule is COc1ccc(C(=O)c2c(N)c(C(=O)Nc3ccc(Cl)cc3Cl)c3ccccn23)cc1. The predicted molar refractivity (Wildman–Crippen MR) is 123 cm³/mol. The fraction of sp³-hybridized carbons (Fsp3) is 0.0435. The number of aromatic nitrogens is 1. The lowest BCUT2D eigenvalue weighted by Gasteiger charge is -2.08. The molecule has 0 fully saturated rings. The van der Waals surface area contributed by atoms with Gasteiger partial charge in [0.05, 0.1) is 34.6 Å². The molecule has 0 bridgehead atoms. The van der Waals surface area contributed by atoms with Crippen molar-refractivity contribution in [2.45, 2.75) is 0 Å². The molecule has 31 heavy (non-hydrogen) atoms. The summed E-state index contributed by atoms with van der Waals surface area (Å²) in [6.07, 6.45) is 1.69. The second-order valence-electron chi connectivity index (χ2n) is 6.73. The molecule has 0 atom stereocenters. The van der Waals surface area contributed by atoms with Gasteiger partial charge < -0.3 is 20.2 Å². The lowest BCUT2D eigenvalue weighted by Crippen LogP contribution is -2.14. The zero-order chi connectivity index (χ0) is 22.1. The second kappa shape index (κ2) is 8.34. The van der Waals surface area contributed by atoms with E-state index in [-0.39, 0.29) is 27.8 Å². The monoisotopic (exact) mass is 453 g/mol. The van der Waals surface area contributed by atoms with Gasteiger partial charge in [0, 0.05) is 16.8 Å². The summed E-state index contributed by atoms with van der Waals surface area (Å²) in [5.41, 5.74) is 8.11. The molecule has 2 aromatic heterocycles. The molecular weight excluding hydrogens is 437 g/mol. The number of ketones is 1. The van der Waals surface area contributed by atoms with E-state index in [0.717, 1.165) is 0 Å². The van der Waals surface area contributed by atoms with E-state index >= 15 is 0 Å². The lowest BCUT2D eigenvalue weighted by molar-refractivity contribution is 0.102. The Labute approximate surface area is 188 Å². The minimum atomic E-state index is -0.487. The zero-order valence-electron chi connectivity index (χ0n) is 16.4. The molecular formula is C23H17Cl2N3O3. The number of pyridine rings is 1. The van der Waals surface area contributed by atoms with Crippen LogP contribution in [0.3, 0.4) is 0 Å². The number of halogens is 2. The molecule has 0 aliphatic rings. The third-order valence-electron chi connectivity index (χ3n) is 4.86. The first-order chi connectivity index (χ1) is 14.9. The van der Waals surface area contributed by atoms with Crippen LogP contribution in [0.1, 0.15) is 26.4 Å². The minimum Gasteiger partial charge on any atom is -0.497 e. The Hall–Kier alpha value is -3.48. The predicted octanol–water partition coefficient (Wildman–Crippen LogP) is 5.32. The Bertz CT molecular complexity index is 1310. The van der Waals surface area contributed by atoms with Gasteiger partial charge in [0.1, 0.15) is 11.4 Å². The third-order valence-corrected chi connectivity index (χ3v) is 5.40. The number of ether oxygens (including phenoxy) is 1. The van der Waals surface area contributed by atoms with Crippen molar-refractivity contribution >= 4 is 51.8 Å². The number of nitrogens with two attached hydrogens (primary N) is 1. The molecule has 0 aliphatic heterocycles. The number of amides is 1. The second-order valence-corrected chi connectivity index (χ2v) is 7.57. The fourth-order valence-corrected chi connectivity index (χ4v) is 3.81. The number of benzene rings is 2. The summed E-state index contributed by atoms with van der Waals surface area (Å²) >= 11 is 12.1.